The highest BCUT2D eigenvalue weighted by molar-refractivity contribution is 5.94. The maximum Gasteiger partial charge on any atom is 0.573 e. The van der Waals surface area contributed by atoms with Crippen molar-refractivity contribution in [1.82, 2.24) is 19.9 Å². The number of benzene rings is 1. The maximum absolute atomic E-state index is 12.9. The zero-order valence-corrected chi connectivity index (χ0v) is 20.7. The lowest BCUT2D eigenvalue weighted by molar-refractivity contribution is -0.274. The third-order valence-corrected chi connectivity index (χ3v) is 7.70. The number of hydrogen-bond donors (Lipinski definition) is 2. The number of ether oxygens (including phenoxy) is 1. The summed E-state index contributed by atoms with van der Waals surface area (Å²) in [5, 5.41) is 9.06. The fourth-order valence-corrected chi connectivity index (χ4v) is 5.74. The number of amides is 1. The summed E-state index contributed by atoms with van der Waals surface area (Å²) in [6, 6.07) is 6.99. The molecule has 1 aliphatic heterocycles. The third-order valence-electron chi connectivity index (χ3n) is 7.70. The van der Waals surface area contributed by atoms with Gasteiger partial charge in [-0.25, -0.2) is 9.97 Å². The van der Waals surface area contributed by atoms with Crippen molar-refractivity contribution in [3.8, 4) is 5.75 Å². The van der Waals surface area contributed by atoms with Gasteiger partial charge >= 0.3 is 12.3 Å². The summed E-state index contributed by atoms with van der Waals surface area (Å²) in [6.45, 7) is 1.06. The van der Waals surface area contributed by atoms with Crippen molar-refractivity contribution in [2.45, 2.75) is 63.1 Å². The second kappa shape index (κ2) is 10.6. The zero-order chi connectivity index (χ0) is 26.9. The molecule has 2 N–H and O–H groups in total. The Bertz CT molecular complexity index is 1290. The molecular formula is C27H29F3N4O4. The molecule has 0 unspecified atom stereocenters. The van der Waals surface area contributed by atoms with Crippen LogP contribution in [0.25, 0.3) is 11.2 Å². The minimum absolute atomic E-state index is 0.215. The van der Waals surface area contributed by atoms with Gasteiger partial charge in [-0.1, -0.05) is 0 Å². The molecule has 0 radical (unpaired) electrons. The third kappa shape index (κ3) is 5.92. The maximum atomic E-state index is 12.9. The predicted octanol–water partition coefficient (Wildman–Crippen LogP) is 5.62. The van der Waals surface area contributed by atoms with Crippen molar-refractivity contribution in [3.05, 3.63) is 53.5 Å². The van der Waals surface area contributed by atoms with Gasteiger partial charge in [0.25, 0.3) is 5.91 Å². The first kappa shape index (κ1) is 26.0. The van der Waals surface area contributed by atoms with Gasteiger partial charge in [-0.3, -0.25) is 9.59 Å². The fraction of sp³-hybridized carbons (Fsp3) is 0.481. The van der Waals surface area contributed by atoms with Gasteiger partial charge in [-0.05, 0) is 86.3 Å². The molecule has 0 atom stereocenters. The molecule has 202 valence electrons. The number of carbonyl (C=O) groups is 2. The molecule has 2 aromatic heterocycles. The minimum atomic E-state index is -4.78. The van der Waals surface area contributed by atoms with E-state index < -0.39 is 12.3 Å². The summed E-state index contributed by atoms with van der Waals surface area (Å²) in [5.74, 6) is 0.277. The summed E-state index contributed by atoms with van der Waals surface area (Å²) in [6.07, 6.45) is 2.24. The molecule has 3 heterocycles. The molecule has 1 saturated heterocycles. The molecule has 0 spiro atoms. The molecule has 2 fully saturated rings. The van der Waals surface area contributed by atoms with E-state index in [0.717, 1.165) is 67.6 Å². The Morgan fingerprint density at radius 1 is 1.00 bits per heavy atom. The minimum Gasteiger partial charge on any atom is -0.481 e. The van der Waals surface area contributed by atoms with Crippen molar-refractivity contribution in [3.63, 3.8) is 0 Å². The van der Waals surface area contributed by atoms with Crippen molar-refractivity contribution >= 4 is 23.0 Å². The van der Waals surface area contributed by atoms with E-state index >= 15 is 0 Å². The molecule has 3 aromatic rings. The van der Waals surface area contributed by atoms with Gasteiger partial charge in [0.15, 0.2) is 5.65 Å². The van der Waals surface area contributed by atoms with E-state index in [4.69, 9.17) is 10.1 Å². The summed E-state index contributed by atoms with van der Waals surface area (Å²) in [7, 11) is 0. The van der Waals surface area contributed by atoms with Crippen LogP contribution in [0.5, 0.6) is 5.75 Å². The van der Waals surface area contributed by atoms with E-state index in [2.05, 4.69) is 14.7 Å². The van der Waals surface area contributed by atoms with Gasteiger partial charge in [0.05, 0.1) is 5.52 Å². The predicted molar refractivity (Wildman–Crippen MR) is 132 cm³/mol. The van der Waals surface area contributed by atoms with Crippen LogP contribution in [-0.4, -0.2) is 56.3 Å². The number of carboxylic acid groups (broad SMARTS) is 1. The van der Waals surface area contributed by atoms with Crippen LogP contribution in [0, 0.1) is 5.92 Å². The van der Waals surface area contributed by atoms with Gasteiger partial charge in [0, 0.05) is 37.2 Å². The van der Waals surface area contributed by atoms with E-state index in [1.54, 1.807) is 11.1 Å². The second-order valence-electron chi connectivity index (χ2n) is 10.2. The number of carboxylic acids is 1. The monoisotopic (exact) mass is 530 g/mol. The van der Waals surface area contributed by atoms with Crippen LogP contribution in [0.1, 0.15) is 78.5 Å². The molecule has 8 nitrogen and oxygen atoms in total. The largest absolute Gasteiger partial charge is 0.573 e. The summed E-state index contributed by atoms with van der Waals surface area (Å²) < 4.78 is 41.0. The number of pyridine rings is 1. The molecule has 5 rings (SSSR count). The summed E-state index contributed by atoms with van der Waals surface area (Å²) in [4.78, 5) is 38.4. The molecule has 11 heteroatoms. The van der Waals surface area contributed by atoms with Gasteiger partial charge in [-0.15, -0.1) is 13.2 Å². The SMILES string of the molecule is O=C(O)CC1CCC(c2nc3nccc(C4CCN(C(=O)c5ccc(OC(F)(F)F)cc5)CC4)c3[nH]2)CC1. The Morgan fingerprint density at radius 3 is 2.32 bits per heavy atom. The number of H-pyrrole nitrogens is 1. The lowest BCUT2D eigenvalue weighted by atomic mass is 9.80. The van der Waals surface area contributed by atoms with Gasteiger partial charge in [0.2, 0.25) is 0 Å². The lowest BCUT2D eigenvalue weighted by Crippen LogP contribution is -2.38. The summed E-state index contributed by atoms with van der Waals surface area (Å²) in [5.41, 5.74) is 3.03. The quantitative estimate of drug-likeness (QED) is 0.428. The molecule has 1 saturated carbocycles. The van der Waals surface area contributed by atoms with Crippen LogP contribution >= 0.6 is 0 Å². The molecule has 2 aliphatic rings. The van der Waals surface area contributed by atoms with Crippen LogP contribution in [-0.2, 0) is 4.79 Å². The Balaban J connectivity index is 1.22. The van der Waals surface area contributed by atoms with Gasteiger partial charge in [0.1, 0.15) is 11.6 Å². The highest BCUT2D eigenvalue weighted by Gasteiger charge is 2.32. The first-order valence-corrected chi connectivity index (χ1v) is 12.9. The standard InChI is InChI=1S/C27H29F3N4O4/c28-27(29,30)38-20-7-5-19(6-8-20)26(37)34-13-10-17(11-14-34)21-9-12-31-25-23(21)32-24(33-25)18-3-1-16(2-4-18)15-22(35)36/h5-9,12,16-18H,1-4,10-11,13-15H2,(H,35,36)(H,31,32,33). The molecule has 38 heavy (non-hydrogen) atoms. The van der Waals surface area contributed by atoms with Crippen molar-refractivity contribution in [2.75, 3.05) is 13.1 Å². The molecule has 1 aromatic carbocycles. The smallest absolute Gasteiger partial charge is 0.481 e. The molecular weight excluding hydrogens is 501 g/mol. The van der Waals surface area contributed by atoms with Crippen LogP contribution in [0.15, 0.2) is 36.5 Å². The van der Waals surface area contributed by atoms with E-state index in [-0.39, 0.29) is 35.8 Å². The number of piperidine rings is 1. The molecule has 1 aliphatic carbocycles. The van der Waals surface area contributed by atoms with Crippen LogP contribution in [0.3, 0.4) is 0 Å². The first-order valence-electron chi connectivity index (χ1n) is 12.9. The number of imidazole rings is 1. The Labute approximate surface area is 217 Å². The molecule has 0 bridgehead atoms. The number of alkyl halides is 3. The normalized spacial score (nSPS) is 21.0. The summed E-state index contributed by atoms with van der Waals surface area (Å²) >= 11 is 0. The number of nitrogens with one attached hydrogen (secondary N) is 1. The number of hydrogen-bond acceptors (Lipinski definition) is 5. The van der Waals surface area contributed by atoms with Crippen LogP contribution in [0.2, 0.25) is 0 Å². The number of aliphatic carboxylic acids is 1. The first-order chi connectivity index (χ1) is 18.2. The zero-order valence-electron chi connectivity index (χ0n) is 20.7. The number of carbonyl (C=O) groups excluding carboxylic acids is 1. The molecule has 1 amide bonds. The number of rotatable bonds is 6. The average Bonchev–Trinajstić information content (AvgIpc) is 3.33. The van der Waals surface area contributed by atoms with Crippen molar-refractivity contribution in [1.29, 1.82) is 0 Å². The van der Waals surface area contributed by atoms with Crippen LogP contribution in [0.4, 0.5) is 13.2 Å². The second-order valence-corrected chi connectivity index (χ2v) is 10.2. The number of aromatic amines is 1. The lowest BCUT2D eigenvalue weighted by Gasteiger charge is -2.32. The average molecular weight is 531 g/mol. The highest BCUT2D eigenvalue weighted by atomic mass is 19.4. The van der Waals surface area contributed by atoms with Gasteiger partial charge in [-0.2, -0.15) is 0 Å². The number of nitrogens with zero attached hydrogens (tertiary/aromatic N) is 3. The Hall–Kier alpha value is -3.63. The number of aromatic nitrogens is 3. The van der Waals surface area contributed by atoms with Crippen LogP contribution < -0.4 is 4.74 Å². The fourth-order valence-electron chi connectivity index (χ4n) is 5.74. The van der Waals surface area contributed by atoms with Gasteiger partial charge < -0.3 is 19.7 Å². The number of fused-ring (bicyclic) bond motifs is 1. The highest BCUT2D eigenvalue weighted by Crippen LogP contribution is 2.38. The number of halogens is 3. The van der Waals surface area contributed by atoms with E-state index in [1.165, 1.54) is 12.1 Å². The van der Waals surface area contributed by atoms with E-state index in [1.807, 2.05) is 6.07 Å². The Morgan fingerprint density at radius 2 is 1.68 bits per heavy atom. The number of likely N-dealkylation sites (tertiary alicyclic amines) is 1. The van der Waals surface area contributed by atoms with E-state index in [9.17, 15) is 22.8 Å². The van der Waals surface area contributed by atoms with Crippen molar-refractivity contribution < 1.29 is 32.6 Å². The Kier molecular flexibility index (Phi) is 7.27. The topological polar surface area (TPSA) is 108 Å². The van der Waals surface area contributed by atoms with Crippen molar-refractivity contribution in [2.24, 2.45) is 5.92 Å². The van der Waals surface area contributed by atoms with E-state index in [0.29, 0.717) is 24.3 Å².